The first-order valence-electron chi connectivity index (χ1n) is 12.9. The molecule has 4 heterocycles. The number of rotatable bonds is 1. The Balaban J connectivity index is 0.000000188. The largest absolute Gasteiger partial charge is 0.305 e. The SMILES string of the molecule is Cc1cc2c(ccc3c4ccnc5c4c(cc23)Sc2ccc[c-]c2-5)c(C)n1.[Ir].[c-]1ccccc1-c1ccccn1. The topological polar surface area (TPSA) is 38.7 Å². The molecule has 1 aliphatic rings. The van der Waals surface area contributed by atoms with Gasteiger partial charge in [-0.1, -0.05) is 29.2 Å². The summed E-state index contributed by atoms with van der Waals surface area (Å²) in [5.74, 6) is 0. The Bertz CT molecular complexity index is 1970. The van der Waals surface area contributed by atoms with Crippen LogP contribution in [0.2, 0.25) is 0 Å². The molecular weight excluding hydrogens is 687 g/mol. The van der Waals surface area contributed by atoms with Gasteiger partial charge in [-0.2, -0.15) is 0 Å². The van der Waals surface area contributed by atoms with Gasteiger partial charge in [-0.05, 0) is 76.4 Å². The second-order valence-corrected chi connectivity index (χ2v) is 10.6. The average molecular weight is 710 g/mol. The van der Waals surface area contributed by atoms with E-state index in [-0.39, 0.29) is 20.1 Å². The predicted molar refractivity (Wildman–Crippen MR) is 161 cm³/mol. The van der Waals surface area contributed by atoms with Gasteiger partial charge in [-0.25, -0.2) is 0 Å². The standard InChI is InChI=1S/C24H15N2S.C11H8N.Ir/c1-13-11-19-15(14(2)26-13)7-8-16-17-9-10-25-24-18-5-3-4-6-21(18)27-22(23(17)24)12-20(16)19;1-2-6-10(7-3-1)11-8-4-5-9-12-11;/h3-4,6-12H,1-2H3;1-6,8-9H;/q2*-1;. The van der Waals surface area contributed by atoms with Crippen LogP contribution in [0.4, 0.5) is 0 Å². The normalized spacial score (nSPS) is 11.4. The van der Waals surface area contributed by atoms with Gasteiger partial charge < -0.3 is 9.97 Å². The van der Waals surface area contributed by atoms with E-state index in [1.165, 1.54) is 42.1 Å². The zero-order valence-electron chi connectivity index (χ0n) is 21.9. The fourth-order valence-corrected chi connectivity index (χ4v) is 6.48. The Labute approximate surface area is 251 Å². The molecule has 0 spiro atoms. The molecule has 0 saturated heterocycles. The van der Waals surface area contributed by atoms with Gasteiger partial charge in [0.25, 0.3) is 0 Å². The number of nitrogens with zero attached hydrogens (tertiary/aromatic N) is 3. The van der Waals surface area contributed by atoms with E-state index in [0.29, 0.717) is 0 Å². The summed E-state index contributed by atoms with van der Waals surface area (Å²) >= 11 is 1.82. The first kappa shape index (κ1) is 26.3. The van der Waals surface area contributed by atoms with E-state index in [4.69, 9.17) is 4.98 Å². The summed E-state index contributed by atoms with van der Waals surface area (Å²) in [6.45, 7) is 4.16. The Morgan fingerprint density at radius 2 is 1.48 bits per heavy atom. The number of hydrogen-bond acceptors (Lipinski definition) is 4. The van der Waals surface area contributed by atoms with E-state index in [2.05, 4.69) is 72.3 Å². The van der Waals surface area contributed by atoms with E-state index in [1.807, 2.05) is 72.6 Å². The molecule has 0 unspecified atom stereocenters. The minimum absolute atomic E-state index is 0. The van der Waals surface area contributed by atoms with Crippen LogP contribution in [-0.4, -0.2) is 15.0 Å². The molecular formula is C35H23IrN3S-2. The van der Waals surface area contributed by atoms with Crippen LogP contribution < -0.4 is 0 Å². The minimum atomic E-state index is 0. The summed E-state index contributed by atoms with van der Waals surface area (Å²) in [7, 11) is 0. The van der Waals surface area contributed by atoms with Crippen LogP contribution >= 0.6 is 11.8 Å². The van der Waals surface area contributed by atoms with Crippen molar-refractivity contribution in [3.05, 3.63) is 127 Å². The molecule has 0 N–H and O–H groups in total. The second-order valence-electron chi connectivity index (χ2n) is 9.56. The summed E-state index contributed by atoms with van der Waals surface area (Å²) in [5, 5.41) is 7.57. The van der Waals surface area contributed by atoms with Gasteiger partial charge in [0.1, 0.15) is 0 Å². The molecule has 0 atom stereocenters. The molecule has 5 heteroatoms. The van der Waals surface area contributed by atoms with Crippen molar-refractivity contribution in [2.45, 2.75) is 23.6 Å². The number of benzene rings is 4. The third kappa shape index (κ3) is 4.61. The van der Waals surface area contributed by atoms with Gasteiger partial charge in [0.2, 0.25) is 0 Å². The van der Waals surface area contributed by atoms with E-state index < -0.39 is 0 Å². The zero-order valence-corrected chi connectivity index (χ0v) is 25.1. The van der Waals surface area contributed by atoms with Crippen LogP contribution in [0.1, 0.15) is 11.4 Å². The smallest absolute Gasteiger partial charge is 0.0454 e. The summed E-state index contributed by atoms with van der Waals surface area (Å²) < 4.78 is 0. The molecule has 0 aliphatic carbocycles. The summed E-state index contributed by atoms with van der Waals surface area (Å²) in [4.78, 5) is 16.1. The van der Waals surface area contributed by atoms with E-state index >= 15 is 0 Å². The van der Waals surface area contributed by atoms with Crippen molar-refractivity contribution in [3.8, 4) is 22.5 Å². The first-order chi connectivity index (χ1) is 19.2. The molecule has 3 aromatic heterocycles. The molecule has 195 valence electrons. The molecule has 0 amide bonds. The maximum absolute atomic E-state index is 4.72. The van der Waals surface area contributed by atoms with E-state index in [0.717, 1.165) is 33.9 Å². The van der Waals surface area contributed by atoms with Crippen LogP contribution in [0.3, 0.4) is 0 Å². The van der Waals surface area contributed by atoms with Crippen molar-refractivity contribution >= 4 is 44.1 Å². The van der Waals surface area contributed by atoms with Crippen molar-refractivity contribution in [1.29, 1.82) is 0 Å². The van der Waals surface area contributed by atoms with Gasteiger partial charge in [0.15, 0.2) is 0 Å². The number of hydrogen-bond donors (Lipinski definition) is 0. The molecule has 0 saturated carbocycles. The molecule has 8 rings (SSSR count). The molecule has 1 radical (unpaired) electrons. The number of aromatic nitrogens is 3. The first-order valence-corrected chi connectivity index (χ1v) is 13.7. The second kappa shape index (κ2) is 10.9. The van der Waals surface area contributed by atoms with E-state index in [9.17, 15) is 0 Å². The molecule has 0 bridgehead atoms. The summed E-state index contributed by atoms with van der Waals surface area (Å²) in [6, 6.07) is 37.5. The van der Waals surface area contributed by atoms with Crippen LogP contribution in [0.25, 0.3) is 54.8 Å². The maximum Gasteiger partial charge on any atom is 0.0454 e. The Kier molecular flexibility index (Phi) is 7.20. The van der Waals surface area contributed by atoms with Crippen molar-refractivity contribution in [2.75, 3.05) is 0 Å². The van der Waals surface area contributed by atoms with Gasteiger partial charge in [-0.15, -0.1) is 77.5 Å². The zero-order chi connectivity index (χ0) is 26.3. The average Bonchev–Trinajstić information content (AvgIpc) is 2.98. The Morgan fingerprint density at radius 1 is 0.650 bits per heavy atom. The van der Waals surface area contributed by atoms with Crippen LogP contribution in [0, 0.1) is 26.0 Å². The maximum atomic E-state index is 4.72. The van der Waals surface area contributed by atoms with Crippen molar-refractivity contribution in [3.63, 3.8) is 0 Å². The van der Waals surface area contributed by atoms with Crippen LogP contribution in [0.5, 0.6) is 0 Å². The molecule has 1 aliphatic heterocycles. The summed E-state index contributed by atoms with van der Waals surface area (Å²) in [6.07, 6.45) is 3.71. The summed E-state index contributed by atoms with van der Waals surface area (Å²) in [5.41, 5.74) is 6.31. The minimum Gasteiger partial charge on any atom is -0.305 e. The van der Waals surface area contributed by atoms with Gasteiger partial charge in [0.05, 0.1) is 0 Å². The van der Waals surface area contributed by atoms with Gasteiger partial charge in [-0.3, -0.25) is 4.98 Å². The number of fused-ring (bicyclic) bond motifs is 6. The van der Waals surface area contributed by atoms with E-state index in [1.54, 1.807) is 6.20 Å². The van der Waals surface area contributed by atoms with Gasteiger partial charge in [0, 0.05) is 54.2 Å². The fraction of sp³-hybridized carbons (Fsp3) is 0.0571. The number of aryl methyl sites for hydroxylation is 2. The third-order valence-corrected chi connectivity index (χ3v) is 8.16. The number of pyridine rings is 3. The Hall–Kier alpha value is -3.89. The fourth-order valence-electron chi connectivity index (χ4n) is 5.36. The molecule has 0 fully saturated rings. The predicted octanol–water partition coefficient (Wildman–Crippen LogP) is 9.03. The van der Waals surface area contributed by atoms with Crippen molar-refractivity contribution in [1.82, 2.24) is 15.0 Å². The molecule has 3 nitrogen and oxygen atoms in total. The monoisotopic (exact) mass is 710 g/mol. The molecule has 4 aromatic carbocycles. The van der Waals surface area contributed by atoms with Crippen LogP contribution in [-0.2, 0) is 20.1 Å². The van der Waals surface area contributed by atoms with Crippen LogP contribution in [0.15, 0.2) is 113 Å². The Morgan fingerprint density at radius 3 is 2.30 bits per heavy atom. The van der Waals surface area contributed by atoms with Gasteiger partial charge >= 0.3 is 0 Å². The van der Waals surface area contributed by atoms with Crippen molar-refractivity contribution < 1.29 is 20.1 Å². The molecule has 40 heavy (non-hydrogen) atoms. The molecule has 7 aromatic rings. The quantitative estimate of drug-likeness (QED) is 0.126. The third-order valence-electron chi connectivity index (χ3n) is 7.06. The van der Waals surface area contributed by atoms with Crippen molar-refractivity contribution in [2.24, 2.45) is 0 Å².